The summed E-state index contributed by atoms with van der Waals surface area (Å²) in [7, 11) is 0. The van der Waals surface area contributed by atoms with Gasteiger partial charge in [0.15, 0.2) is 0 Å². The molecule has 0 fully saturated rings. The van der Waals surface area contributed by atoms with Crippen LogP contribution in [-0.2, 0) is 0 Å². The fourth-order valence-corrected chi connectivity index (χ4v) is 7.57. The third-order valence-corrected chi connectivity index (χ3v) is 9.66. The summed E-state index contributed by atoms with van der Waals surface area (Å²) >= 11 is 0. The molecule has 3 nitrogen and oxygen atoms in total. The molecular weight excluding hydrogens is 560 g/mol. The zero-order valence-corrected chi connectivity index (χ0v) is 24.8. The Morgan fingerprint density at radius 1 is 0.348 bits per heavy atom. The molecule has 46 heavy (non-hydrogen) atoms. The highest BCUT2D eigenvalue weighted by atomic mass is 16.1. The molecule has 0 bridgehead atoms. The standard InChI is InChI=1S/C43H26N2O/c46-43-35-15-5-4-12-32(35)37-25-30(27-10-2-1-3-11-27)26-38-36-24-29(20-23-41(36)45(43)42(37)38)28-18-21-31(22-19-28)44-39-16-8-6-13-33(39)34-14-7-9-17-40(34)44/h1-26H. The molecule has 0 aliphatic heterocycles. The normalized spacial score (nSPS) is 12.0. The second-order valence-corrected chi connectivity index (χ2v) is 12.1. The quantitative estimate of drug-likeness (QED) is 0.189. The summed E-state index contributed by atoms with van der Waals surface area (Å²) in [5.41, 5.74) is 10.0. The number of nitrogens with zero attached hydrogens (tertiary/aromatic N) is 2. The average molecular weight is 587 g/mol. The lowest BCUT2D eigenvalue weighted by molar-refractivity contribution is 1.18. The summed E-state index contributed by atoms with van der Waals surface area (Å²) in [6, 6.07) is 55.5. The molecule has 0 radical (unpaired) electrons. The number of rotatable bonds is 3. The Balaban J connectivity index is 1.20. The Hall–Kier alpha value is -6.19. The second-order valence-electron chi connectivity index (χ2n) is 12.1. The Bertz CT molecular complexity index is 2810. The van der Waals surface area contributed by atoms with E-state index in [1.807, 2.05) is 28.7 Å². The van der Waals surface area contributed by atoms with Gasteiger partial charge < -0.3 is 4.57 Å². The molecule has 3 aromatic heterocycles. The minimum absolute atomic E-state index is 0.0267. The first-order chi connectivity index (χ1) is 22.7. The molecular formula is C43H26N2O. The summed E-state index contributed by atoms with van der Waals surface area (Å²) in [6.07, 6.45) is 0. The van der Waals surface area contributed by atoms with E-state index in [0.717, 1.165) is 65.9 Å². The van der Waals surface area contributed by atoms with E-state index in [0.29, 0.717) is 0 Å². The van der Waals surface area contributed by atoms with Gasteiger partial charge in [0.1, 0.15) is 0 Å². The predicted octanol–water partition coefficient (Wildman–Crippen LogP) is 10.6. The van der Waals surface area contributed by atoms with Crippen LogP contribution in [0.5, 0.6) is 0 Å². The molecule has 7 aromatic carbocycles. The molecule has 0 amide bonds. The van der Waals surface area contributed by atoms with E-state index in [9.17, 15) is 4.79 Å². The fourth-order valence-electron chi connectivity index (χ4n) is 7.57. The molecule has 214 valence electrons. The van der Waals surface area contributed by atoms with E-state index in [2.05, 4.69) is 138 Å². The van der Waals surface area contributed by atoms with E-state index in [1.165, 1.54) is 21.8 Å². The highest BCUT2D eigenvalue weighted by Crippen LogP contribution is 2.39. The zero-order valence-electron chi connectivity index (χ0n) is 24.8. The van der Waals surface area contributed by atoms with E-state index in [4.69, 9.17) is 0 Å². The van der Waals surface area contributed by atoms with E-state index in [1.54, 1.807) is 0 Å². The molecule has 0 aliphatic carbocycles. The van der Waals surface area contributed by atoms with Crippen LogP contribution < -0.4 is 5.56 Å². The Morgan fingerprint density at radius 2 is 0.870 bits per heavy atom. The van der Waals surface area contributed by atoms with Crippen LogP contribution in [0.15, 0.2) is 163 Å². The minimum Gasteiger partial charge on any atom is -0.309 e. The van der Waals surface area contributed by atoms with Crippen LogP contribution in [0.25, 0.3) is 87.7 Å². The SMILES string of the molecule is O=c1c2ccccc2c2cc(-c3ccccc3)cc3c4cc(-c5ccc(-n6c7ccccc7c7ccccc76)cc5)ccc4n1c23. The maximum absolute atomic E-state index is 14.0. The maximum Gasteiger partial charge on any atom is 0.263 e. The number of fused-ring (bicyclic) bond motifs is 8. The lowest BCUT2D eigenvalue weighted by Crippen LogP contribution is -2.12. The van der Waals surface area contributed by atoms with Gasteiger partial charge in [0.05, 0.1) is 22.1 Å². The van der Waals surface area contributed by atoms with Gasteiger partial charge in [-0.1, -0.05) is 103 Å². The van der Waals surface area contributed by atoms with Gasteiger partial charge in [0.25, 0.3) is 5.56 Å². The summed E-state index contributed by atoms with van der Waals surface area (Å²) in [6.45, 7) is 0. The molecule has 0 saturated carbocycles. The van der Waals surface area contributed by atoms with E-state index >= 15 is 0 Å². The number of pyridine rings is 1. The first-order valence-corrected chi connectivity index (χ1v) is 15.7. The monoisotopic (exact) mass is 586 g/mol. The Labute approximate surface area is 264 Å². The second kappa shape index (κ2) is 9.40. The first kappa shape index (κ1) is 25.2. The number of benzene rings is 7. The van der Waals surface area contributed by atoms with Crippen molar-refractivity contribution in [3.8, 4) is 27.9 Å². The molecule has 3 heterocycles. The van der Waals surface area contributed by atoms with E-state index < -0.39 is 0 Å². The highest BCUT2D eigenvalue weighted by Gasteiger charge is 2.19. The van der Waals surface area contributed by atoms with Crippen LogP contribution in [-0.4, -0.2) is 8.97 Å². The third kappa shape index (κ3) is 3.45. The predicted molar refractivity (Wildman–Crippen MR) is 193 cm³/mol. The van der Waals surface area contributed by atoms with Crippen molar-refractivity contribution in [2.45, 2.75) is 0 Å². The molecule has 0 atom stereocenters. The van der Waals surface area contributed by atoms with Gasteiger partial charge in [-0.3, -0.25) is 9.20 Å². The maximum atomic E-state index is 14.0. The summed E-state index contributed by atoms with van der Waals surface area (Å²) in [4.78, 5) is 14.0. The first-order valence-electron chi connectivity index (χ1n) is 15.7. The van der Waals surface area contributed by atoms with Crippen LogP contribution in [0.3, 0.4) is 0 Å². The molecule has 3 heteroatoms. The number of aromatic nitrogens is 2. The van der Waals surface area contributed by atoms with Crippen molar-refractivity contribution in [3.05, 3.63) is 168 Å². The summed E-state index contributed by atoms with van der Waals surface area (Å²) in [5.74, 6) is 0. The topological polar surface area (TPSA) is 26.4 Å². The lowest BCUT2D eigenvalue weighted by atomic mass is 9.97. The lowest BCUT2D eigenvalue weighted by Gasteiger charge is -2.09. The highest BCUT2D eigenvalue weighted by molar-refractivity contribution is 6.22. The molecule has 10 aromatic rings. The van der Waals surface area contributed by atoms with Crippen molar-refractivity contribution in [1.82, 2.24) is 8.97 Å². The molecule has 0 N–H and O–H groups in total. The van der Waals surface area contributed by atoms with Gasteiger partial charge in [0.2, 0.25) is 0 Å². The van der Waals surface area contributed by atoms with Gasteiger partial charge in [-0.2, -0.15) is 0 Å². The summed E-state index contributed by atoms with van der Waals surface area (Å²) < 4.78 is 4.27. The van der Waals surface area contributed by atoms with Crippen LogP contribution in [0.4, 0.5) is 0 Å². The van der Waals surface area contributed by atoms with Crippen LogP contribution >= 0.6 is 0 Å². The minimum atomic E-state index is 0.0267. The van der Waals surface area contributed by atoms with Crippen molar-refractivity contribution < 1.29 is 0 Å². The third-order valence-electron chi connectivity index (χ3n) is 9.66. The van der Waals surface area contributed by atoms with Crippen molar-refractivity contribution in [1.29, 1.82) is 0 Å². The van der Waals surface area contributed by atoms with Crippen LogP contribution in [0, 0.1) is 0 Å². The van der Waals surface area contributed by atoms with Gasteiger partial charge in [-0.15, -0.1) is 0 Å². The molecule has 0 saturated heterocycles. The fraction of sp³-hybridized carbons (Fsp3) is 0. The van der Waals surface area contributed by atoms with Crippen molar-refractivity contribution in [3.63, 3.8) is 0 Å². The number of hydrogen-bond donors (Lipinski definition) is 0. The number of hydrogen-bond acceptors (Lipinski definition) is 1. The van der Waals surface area contributed by atoms with Crippen molar-refractivity contribution >= 4 is 59.8 Å². The number of para-hydroxylation sites is 2. The average Bonchev–Trinajstić information content (AvgIpc) is 3.64. The van der Waals surface area contributed by atoms with Crippen molar-refractivity contribution in [2.24, 2.45) is 0 Å². The molecule has 0 unspecified atom stereocenters. The van der Waals surface area contributed by atoms with E-state index in [-0.39, 0.29) is 5.56 Å². The van der Waals surface area contributed by atoms with Crippen molar-refractivity contribution in [2.75, 3.05) is 0 Å². The smallest absolute Gasteiger partial charge is 0.263 e. The molecule has 0 spiro atoms. The van der Waals surface area contributed by atoms with Gasteiger partial charge in [0, 0.05) is 38.0 Å². The van der Waals surface area contributed by atoms with Gasteiger partial charge in [-0.05, 0) is 82.2 Å². The van der Waals surface area contributed by atoms with Crippen LogP contribution in [0.2, 0.25) is 0 Å². The van der Waals surface area contributed by atoms with Gasteiger partial charge >= 0.3 is 0 Å². The summed E-state index contributed by atoms with van der Waals surface area (Å²) in [5, 5.41) is 7.52. The zero-order chi connectivity index (χ0) is 30.4. The van der Waals surface area contributed by atoms with Crippen LogP contribution in [0.1, 0.15) is 0 Å². The largest absolute Gasteiger partial charge is 0.309 e. The Kier molecular flexibility index (Phi) is 5.15. The molecule has 10 rings (SSSR count). The van der Waals surface area contributed by atoms with Gasteiger partial charge in [-0.25, -0.2) is 0 Å². The molecule has 0 aliphatic rings. The Morgan fingerprint density at radius 3 is 1.57 bits per heavy atom.